The van der Waals surface area contributed by atoms with Crippen molar-refractivity contribution in [1.29, 1.82) is 0 Å². The predicted octanol–water partition coefficient (Wildman–Crippen LogP) is 4.19. The Labute approximate surface area is 94.7 Å². The van der Waals surface area contributed by atoms with Gasteiger partial charge in [0.15, 0.2) is 0 Å². The molecule has 0 spiro atoms. The highest BCUT2D eigenvalue weighted by molar-refractivity contribution is 6.31. The van der Waals surface area contributed by atoms with Crippen LogP contribution in [0.3, 0.4) is 0 Å². The molecule has 2 rings (SSSR count). The summed E-state index contributed by atoms with van der Waals surface area (Å²) in [5, 5.41) is 4.03. The molecule has 75 valence electrons. The minimum absolute atomic E-state index is 0.732. The van der Waals surface area contributed by atoms with Crippen LogP contribution < -0.4 is 5.32 Å². The van der Waals surface area contributed by atoms with Crippen molar-refractivity contribution in [3.8, 4) is 0 Å². The van der Waals surface area contributed by atoms with Crippen molar-refractivity contribution in [2.45, 2.75) is 6.92 Å². The van der Waals surface area contributed by atoms with Crippen molar-refractivity contribution in [3.05, 3.63) is 59.1 Å². The second kappa shape index (κ2) is 4.37. The van der Waals surface area contributed by atoms with Crippen LogP contribution in [0.4, 0.5) is 11.4 Å². The Bertz CT molecular complexity index is 451. The van der Waals surface area contributed by atoms with E-state index in [1.54, 1.807) is 6.07 Å². The molecule has 0 aliphatic rings. The van der Waals surface area contributed by atoms with E-state index in [9.17, 15) is 0 Å². The number of hydrogen-bond donors (Lipinski definition) is 1. The van der Waals surface area contributed by atoms with E-state index in [1.165, 1.54) is 0 Å². The quantitative estimate of drug-likeness (QED) is 0.794. The fourth-order valence-electron chi connectivity index (χ4n) is 1.35. The minimum Gasteiger partial charge on any atom is -0.355 e. The summed E-state index contributed by atoms with van der Waals surface area (Å²) in [6, 6.07) is 16.7. The molecule has 2 heteroatoms. The molecule has 0 saturated carbocycles. The van der Waals surface area contributed by atoms with Gasteiger partial charge in [0.25, 0.3) is 0 Å². The van der Waals surface area contributed by atoms with Gasteiger partial charge < -0.3 is 5.32 Å². The van der Waals surface area contributed by atoms with E-state index in [0.717, 1.165) is 22.0 Å². The number of benzene rings is 2. The smallest absolute Gasteiger partial charge is 0.0462 e. The summed E-state index contributed by atoms with van der Waals surface area (Å²) >= 11 is 6.01. The number of anilines is 2. The predicted molar refractivity (Wildman–Crippen MR) is 64.7 cm³/mol. The molecular formula is C13H11ClN. The van der Waals surface area contributed by atoms with E-state index >= 15 is 0 Å². The number of rotatable bonds is 2. The lowest BCUT2D eigenvalue weighted by Gasteiger charge is -2.09. The van der Waals surface area contributed by atoms with Crippen molar-refractivity contribution >= 4 is 23.0 Å². The maximum atomic E-state index is 6.01. The lowest BCUT2D eigenvalue weighted by Crippen LogP contribution is -1.92. The van der Waals surface area contributed by atoms with Crippen LogP contribution in [0.25, 0.3) is 0 Å². The van der Waals surface area contributed by atoms with Crippen molar-refractivity contribution in [2.75, 3.05) is 5.32 Å². The second-order valence-electron chi connectivity index (χ2n) is 3.33. The van der Waals surface area contributed by atoms with Crippen LogP contribution in [0.2, 0.25) is 5.02 Å². The molecule has 0 atom stereocenters. The van der Waals surface area contributed by atoms with Gasteiger partial charge >= 0.3 is 0 Å². The molecule has 0 heterocycles. The molecule has 2 aromatic rings. The Morgan fingerprint density at radius 3 is 2.60 bits per heavy atom. The highest BCUT2D eigenvalue weighted by Gasteiger charge is 2.01. The zero-order valence-corrected chi connectivity index (χ0v) is 9.18. The third-order valence-electron chi connectivity index (χ3n) is 2.25. The van der Waals surface area contributed by atoms with Gasteiger partial charge in [0, 0.05) is 16.4 Å². The van der Waals surface area contributed by atoms with Crippen LogP contribution in [-0.4, -0.2) is 0 Å². The third-order valence-corrected chi connectivity index (χ3v) is 2.65. The van der Waals surface area contributed by atoms with E-state index in [-0.39, 0.29) is 0 Å². The number of nitrogens with one attached hydrogen (secondary N) is 1. The molecule has 0 bridgehead atoms. The normalized spacial score (nSPS) is 10.0. The second-order valence-corrected chi connectivity index (χ2v) is 3.74. The van der Waals surface area contributed by atoms with Gasteiger partial charge in [-0.05, 0) is 42.8 Å². The van der Waals surface area contributed by atoms with Crippen LogP contribution in [0.15, 0.2) is 42.5 Å². The molecule has 2 aromatic carbocycles. The molecule has 0 aromatic heterocycles. The Morgan fingerprint density at radius 1 is 1.13 bits per heavy atom. The van der Waals surface area contributed by atoms with Gasteiger partial charge in [0.2, 0.25) is 0 Å². The lowest BCUT2D eigenvalue weighted by atomic mass is 10.2. The number of hydrogen-bond acceptors (Lipinski definition) is 1. The lowest BCUT2D eigenvalue weighted by molar-refractivity contribution is 1.43. The summed E-state index contributed by atoms with van der Waals surface area (Å²) in [7, 11) is 0. The first kappa shape index (κ1) is 10.1. The first-order valence-electron chi connectivity index (χ1n) is 4.75. The summed E-state index contributed by atoms with van der Waals surface area (Å²) in [6.07, 6.45) is 0. The zero-order valence-electron chi connectivity index (χ0n) is 8.42. The standard InChI is InChI=1S/C13H11ClN/c1-10-12(14)8-5-9-13(10)15-11-6-3-2-4-7-11/h2-4,6-9,15H,1H3. The SMILES string of the molecule is Cc1c(Cl)c[c]cc1Nc1ccccc1. The van der Waals surface area contributed by atoms with Gasteiger partial charge in [-0.15, -0.1) is 0 Å². The average Bonchev–Trinajstić information content (AvgIpc) is 2.26. The molecular weight excluding hydrogens is 206 g/mol. The monoisotopic (exact) mass is 216 g/mol. The summed E-state index contributed by atoms with van der Waals surface area (Å²) in [6.45, 7) is 1.99. The molecule has 0 aliphatic carbocycles. The van der Waals surface area contributed by atoms with Crippen molar-refractivity contribution in [1.82, 2.24) is 0 Å². The Hall–Kier alpha value is -1.47. The Kier molecular flexibility index (Phi) is 2.93. The van der Waals surface area contributed by atoms with Crippen molar-refractivity contribution < 1.29 is 0 Å². The highest BCUT2D eigenvalue weighted by Crippen LogP contribution is 2.25. The van der Waals surface area contributed by atoms with Crippen LogP contribution in [0.1, 0.15) is 5.56 Å². The maximum Gasteiger partial charge on any atom is 0.0462 e. The van der Waals surface area contributed by atoms with Gasteiger partial charge in [-0.1, -0.05) is 29.8 Å². The van der Waals surface area contributed by atoms with Gasteiger partial charge in [-0.3, -0.25) is 0 Å². The molecule has 0 saturated heterocycles. The average molecular weight is 217 g/mol. The van der Waals surface area contributed by atoms with Crippen LogP contribution in [-0.2, 0) is 0 Å². The third kappa shape index (κ3) is 2.31. The first-order chi connectivity index (χ1) is 7.27. The summed E-state index contributed by atoms with van der Waals surface area (Å²) in [5.74, 6) is 0. The number of halogens is 1. The van der Waals surface area contributed by atoms with Crippen LogP contribution >= 0.6 is 11.6 Å². The van der Waals surface area contributed by atoms with Gasteiger partial charge in [0.05, 0.1) is 0 Å². The van der Waals surface area contributed by atoms with Crippen LogP contribution in [0.5, 0.6) is 0 Å². The van der Waals surface area contributed by atoms with Crippen molar-refractivity contribution in [3.63, 3.8) is 0 Å². The molecule has 0 amide bonds. The van der Waals surface area contributed by atoms with E-state index in [4.69, 9.17) is 11.6 Å². The van der Waals surface area contributed by atoms with E-state index in [2.05, 4.69) is 11.4 Å². The van der Waals surface area contributed by atoms with Crippen LogP contribution in [0, 0.1) is 13.0 Å². The van der Waals surface area contributed by atoms with E-state index in [1.807, 2.05) is 43.3 Å². The van der Waals surface area contributed by atoms with Gasteiger partial charge in [-0.2, -0.15) is 0 Å². The molecule has 0 fully saturated rings. The fourth-order valence-corrected chi connectivity index (χ4v) is 1.51. The molecule has 15 heavy (non-hydrogen) atoms. The minimum atomic E-state index is 0.732. The molecule has 1 nitrogen and oxygen atoms in total. The largest absolute Gasteiger partial charge is 0.355 e. The molecule has 0 unspecified atom stereocenters. The van der Waals surface area contributed by atoms with Crippen molar-refractivity contribution in [2.24, 2.45) is 0 Å². The Morgan fingerprint density at radius 2 is 1.87 bits per heavy atom. The number of para-hydroxylation sites is 1. The molecule has 1 N–H and O–H groups in total. The summed E-state index contributed by atoms with van der Waals surface area (Å²) in [4.78, 5) is 0. The first-order valence-corrected chi connectivity index (χ1v) is 5.13. The zero-order chi connectivity index (χ0) is 10.7. The van der Waals surface area contributed by atoms with E-state index < -0.39 is 0 Å². The molecule has 1 radical (unpaired) electrons. The summed E-state index contributed by atoms with van der Waals surface area (Å²) < 4.78 is 0. The summed E-state index contributed by atoms with van der Waals surface area (Å²) in [5.41, 5.74) is 3.09. The maximum absolute atomic E-state index is 6.01. The fraction of sp³-hybridized carbons (Fsp3) is 0.0769. The van der Waals surface area contributed by atoms with E-state index in [0.29, 0.717) is 0 Å². The Balaban J connectivity index is 2.29. The van der Waals surface area contributed by atoms with Gasteiger partial charge in [-0.25, -0.2) is 0 Å². The van der Waals surface area contributed by atoms with Gasteiger partial charge in [0.1, 0.15) is 0 Å². The molecule has 0 aliphatic heterocycles. The highest BCUT2D eigenvalue weighted by atomic mass is 35.5. The topological polar surface area (TPSA) is 12.0 Å².